The molecule has 1 fully saturated rings. The first-order valence-corrected chi connectivity index (χ1v) is 8.05. The van der Waals surface area contributed by atoms with Gasteiger partial charge in [-0.3, -0.25) is 0 Å². The van der Waals surface area contributed by atoms with Crippen LogP contribution < -0.4 is 4.90 Å². The van der Waals surface area contributed by atoms with E-state index in [-0.39, 0.29) is 6.61 Å². The molecule has 0 radical (unpaired) electrons. The Morgan fingerprint density at radius 3 is 2.35 bits per heavy atom. The van der Waals surface area contributed by atoms with E-state index >= 15 is 0 Å². The summed E-state index contributed by atoms with van der Waals surface area (Å²) in [4.78, 5) is 5.07. The Labute approximate surface area is 122 Å². The normalized spacial score (nSPS) is 20.0. The molecule has 0 spiro atoms. The van der Waals surface area contributed by atoms with Gasteiger partial charge in [-0.2, -0.15) is 0 Å². The van der Waals surface area contributed by atoms with Gasteiger partial charge in [-0.25, -0.2) is 0 Å². The van der Waals surface area contributed by atoms with E-state index < -0.39 is 0 Å². The van der Waals surface area contributed by atoms with Crippen molar-refractivity contribution >= 4 is 5.69 Å². The SMILES string of the molecule is CCN1CCN(c2ccc(CO)c3c2CCCC3)CC1. The van der Waals surface area contributed by atoms with Crippen LogP contribution >= 0.6 is 0 Å². The number of piperazine rings is 1. The van der Waals surface area contributed by atoms with Gasteiger partial charge < -0.3 is 14.9 Å². The number of likely N-dealkylation sites (N-methyl/N-ethyl adjacent to an activating group) is 1. The van der Waals surface area contributed by atoms with Gasteiger partial charge in [0.1, 0.15) is 0 Å². The van der Waals surface area contributed by atoms with E-state index in [4.69, 9.17) is 0 Å². The summed E-state index contributed by atoms with van der Waals surface area (Å²) in [5.41, 5.74) is 5.55. The van der Waals surface area contributed by atoms with Crippen molar-refractivity contribution in [1.29, 1.82) is 0 Å². The molecule has 1 heterocycles. The van der Waals surface area contributed by atoms with Gasteiger partial charge in [0.15, 0.2) is 0 Å². The van der Waals surface area contributed by atoms with Crippen LogP contribution in [-0.4, -0.2) is 42.7 Å². The van der Waals surface area contributed by atoms with E-state index in [1.54, 1.807) is 0 Å². The second kappa shape index (κ2) is 6.15. The third-order valence-electron chi connectivity index (χ3n) is 4.94. The molecule has 0 unspecified atom stereocenters. The largest absolute Gasteiger partial charge is 0.392 e. The Morgan fingerprint density at radius 2 is 1.70 bits per heavy atom. The van der Waals surface area contributed by atoms with Gasteiger partial charge in [0, 0.05) is 31.9 Å². The number of nitrogens with zero attached hydrogens (tertiary/aromatic N) is 2. The predicted octanol–water partition coefficient (Wildman–Crippen LogP) is 2.20. The predicted molar refractivity (Wildman–Crippen MR) is 83.3 cm³/mol. The lowest BCUT2D eigenvalue weighted by atomic mass is 9.86. The smallest absolute Gasteiger partial charge is 0.0684 e. The molecule has 20 heavy (non-hydrogen) atoms. The molecular weight excluding hydrogens is 248 g/mol. The van der Waals surface area contributed by atoms with Crippen LogP contribution in [0.3, 0.4) is 0 Å². The summed E-state index contributed by atoms with van der Waals surface area (Å²) in [6.07, 6.45) is 4.90. The molecule has 0 amide bonds. The number of benzene rings is 1. The second-order valence-electron chi connectivity index (χ2n) is 5.99. The minimum absolute atomic E-state index is 0.187. The number of hydrogen-bond acceptors (Lipinski definition) is 3. The molecule has 1 aliphatic carbocycles. The van der Waals surface area contributed by atoms with Crippen molar-refractivity contribution in [3.63, 3.8) is 0 Å². The summed E-state index contributed by atoms with van der Waals surface area (Å²) < 4.78 is 0. The maximum absolute atomic E-state index is 9.54. The number of aliphatic hydroxyl groups is 1. The summed E-state index contributed by atoms with van der Waals surface area (Å²) >= 11 is 0. The van der Waals surface area contributed by atoms with Crippen LogP contribution in [0.15, 0.2) is 12.1 Å². The maximum atomic E-state index is 9.54. The van der Waals surface area contributed by atoms with Crippen LogP contribution in [-0.2, 0) is 19.4 Å². The minimum Gasteiger partial charge on any atom is -0.392 e. The van der Waals surface area contributed by atoms with Crippen molar-refractivity contribution in [3.8, 4) is 0 Å². The van der Waals surface area contributed by atoms with E-state index in [0.717, 1.165) is 31.6 Å². The molecule has 110 valence electrons. The van der Waals surface area contributed by atoms with E-state index in [0.29, 0.717) is 0 Å². The molecule has 0 aromatic heterocycles. The fraction of sp³-hybridized carbons (Fsp3) is 0.647. The Morgan fingerprint density at radius 1 is 1.00 bits per heavy atom. The number of hydrogen-bond donors (Lipinski definition) is 1. The molecule has 1 aliphatic heterocycles. The fourth-order valence-corrected chi connectivity index (χ4v) is 3.67. The molecule has 3 heteroatoms. The highest BCUT2D eigenvalue weighted by Crippen LogP contribution is 2.33. The van der Waals surface area contributed by atoms with Crippen LogP contribution in [0.4, 0.5) is 5.69 Å². The van der Waals surface area contributed by atoms with E-state index in [9.17, 15) is 5.11 Å². The number of rotatable bonds is 3. The van der Waals surface area contributed by atoms with Crippen molar-refractivity contribution in [2.75, 3.05) is 37.6 Å². The highest BCUT2D eigenvalue weighted by Gasteiger charge is 2.22. The third-order valence-corrected chi connectivity index (χ3v) is 4.94. The summed E-state index contributed by atoms with van der Waals surface area (Å²) in [5, 5.41) is 9.54. The fourth-order valence-electron chi connectivity index (χ4n) is 3.67. The molecule has 1 N–H and O–H groups in total. The zero-order valence-electron chi connectivity index (χ0n) is 12.6. The second-order valence-corrected chi connectivity index (χ2v) is 5.99. The molecule has 3 nitrogen and oxygen atoms in total. The number of aliphatic hydroxyl groups excluding tert-OH is 1. The molecule has 0 atom stereocenters. The van der Waals surface area contributed by atoms with Crippen molar-refractivity contribution < 1.29 is 5.11 Å². The Kier molecular flexibility index (Phi) is 4.27. The van der Waals surface area contributed by atoms with Gasteiger partial charge in [-0.15, -0.1) is 0 Å². The van der Waals surface area contributed by atoms with Crippen LogP contribution in [0.2, 0.25) is 0 Å². The van der Waals surface area contributed by atoms with Crippen molar-refractivity contribution in [2.24, 2.45) is 0 Å². The summed E-state index contributed by atoms with van der Waals surface area (Å²) in [6, 6.07) is 4.39. The van der Waals surface area contributed by atoms with E-state index in [1.165, 1.54) is 49.2 Å². The lowest BCUT2D eigenvalue weighted by Crippen LogP contribution is -2.46. The molecule has 1 aromatic rings. The highest BCUT2D eigenvalue weighted by atomic mass is 16.3. The Hall–Kier alpha value is -1.06. The van der Waals surface area contributed by atoms with E-state index in [2.05, 4.69) is 28.9 Å². The molecule has 1 aromatic carbocycles. The van der Waals surface area contributed by atoms with Crippen molar-refractivity contribution in [2.45, 2.75) is 39.2 Å². The average molecular weight is 274 g/mol. The standard InChI is InChI=1S/C17H26N2O/c1-2-18-9-11-19(12-10-18)17-8-7-14(13-20)15-5-3-4-6-16(15)17/h7-8,20H,2-6,9-13H2,1H3. The van der Waals surface area contributed by atoms with Gasteiger partial charge >= 0.3 is 0 Å². The lowest BCUT2D eigenvalue weighted by molar-refractivity contribution is 0.270. The first kappa shape index (κ1) is 13.9. The minimum atomic E-state index is 0.187. The number of anilines is 1. The summed E-state index contributed by atoms with van der Waals surface area (Å²) in [6.45, 7) is 8.22. The van der Waals surface area contributed by atoms with Crippen molar-refractivity contribution in [3.05, 3.63) is 28.8 Å². The monoisotopic (exact) mass is 274 g/mol. The summed E-state index contributed by atoms with van der Waals surface area (Å²) in [7, 11) is 0. The van der Waals surface area contributed by atoms with Crippen LogP contribution in [0.1, 0.15) is 36.5 Å². The highest BCUT2D eigenvalue weighted by molar-refractivity contribution is 5.60. The molecule has 0 saturated carbocycles. The zero-order chi connectivity index (χ0) is 13.9. The quantitative estimate of drug-likeness (QED) is 0.915. The van der Waals surface area contributed by atoms with Crippen LogP contribution in [0, 0.1) is 0 Å². The maximum Gasteiger partial charge on any atom is 0.0684 e. The molecule has 2 aliphatic rings. The van der Waals surface area contributed by atoms with E-state index in [1.807, 2.05) is 0 Å². The molecular formula is C17H26N2O. The Bertz CT molecular complexity index is 464. The lowest BCUT2D eigenvalue weighted by Gasteiger charge is -2.37. The molecule has 0 bridgehead atoms. The van der Waals surface area contributed by atoms with Gasteiger partial charge in [0.05, 0.1) is 6.61 Å². The Balaban J connectivity index is 1.87. The first-order chi connectivity index (χ1) is 9.83. The zero-order valence-corrected chi connectivity index (χ0v) is 12.6. The van der Waals surface area contributed by atoms with Crippen LogP contribution in [0.25, 0.3) is 0 Å². The van der Waals surface area contributed by atoms with Crippen LogP contribution in [0.5, 0.6) is 0 Å². The number of fused-ring (bicyclic) bond motifs is 1. The molecule has 3 rings (SSSR count). The van der Waals surface area contributed by atoms with Gasteiger partial charge in [-0.05, 0) is 55.0 Å². The van der Waals surface area contributed by atoms with Gasteiger partial charge in [0.25, 0.3) is 0 Å². The topological polar surface area (TPSA) is 26.7 Å². The van der Waals surface area contributed by atoms with Gasteiger partial charge in [0.2, 0.25) is 0 Å². The molecule has 1 saturated heterocycles. The summed E-state index contributed by atoms with van der Waals surface area (Å²) in [5.74, 6) is 0. The van der Waals surface area contributed by atoms with Crippen molar-refractivity contribution in [1.82, 2.24) is 4.90 Å². The first-order valence-electron chi connectivity index (χ1n) is 8.05. The average Bonchev–Trinajstić information content (AvgIpc) is 2.54. The third kappa shape index (κ3) is 2.57. The van der Waals surface area contributed by atoms with Gasteiger partial charge in [-0.1, -0.05) is 13.0 Å².